The van der Waals surface area contributed by atoms with E-state index in [-0.39, 0.29) is 65.8 Å². The van der Waals surface area contributed by atoms with Gasteiger partial charge in [0.1, 0.15) is 11.6 Å². The van der Waals surface area contributed by atoms with E-state index in [4.69, 9.17) is 0 Å². The fourth-order valence-electron chi connectivity index (χ4n) is 7.39. The zero-order valence-corrected chi connectivity index (χ0v) is 26.8. The molecule has 0 radical (unpaired) electrons. The molecule has 0 spiro atoms. The lowest BCUT2D eigenvalue weighted by Crippen LogP contribution is -2.57. The fourth-order valence-corrected chi connectivity index (χ4v) is 7.39. The van der Waals surface area contributed by atoms with Crippen LogP contribution in [0.15, 0.2) is 95.0 Å². The molecule has 3 atom stereocenters. The third kappa shape index (κ3) is 6.71. The van der Waals surface area contributed by atoms with Gasteiger partial charge in [-0.2, -0.15) is 26.3 Å². The number of aliphatic hydroxyl groups excluding tert-OH is 1. The van der Waals surface area contributed by atoms with Crippen LogP contribution in [0.3, 0.4) is 0 Å². The highest BCUT2D eigenvalue weighted by molar-refractivity contribution is 6.10. The monoisotopic (exact) mass is 687 g/mol. The lowest BCUT2D eigenvalue weighted by atomic mass is 9.66. The summed E-state index contributed by atoms with van der Waals surface area (Å²) in [5.74, 6) is -1.84. The van der Waals surface area contributed by atoms with Crippen molar-refractivity contribution in [2.75, 3.05) is 6.54 Å². The number of aliphatic imine (C=N–C) groups is 1. The van der Waals surface area contributed by atoms with Gasteiger partial charge in [-0.15, -0.1) is 0 Å². The molecule has 4 aliphatic rings. The first-order valence-electron chi connectivity index (χ1n) is 16.3. The van der Waals surface area contributed by atoms with Crippen molar-refractivity contribution in [2.45, 2.75) is 76.3 Å². The Hall–Kier alpha value is -4.19. The van der Waals surface area contributed by atoms with Gasteiger partial charge in [-0.3, -0.25) is 9.79 Å². The lowest BCUT2D eigenvalue weighted by Gasteiger charge is -2.50. The largest absolute Gasteiger partial charge is 0.509 e. The quantitative estimate of drug-likeness (QED) is 0.295. The zero-order valence-electron chi connectivity index (χ0n) is 26.8. The van der Waals surface area contributed by atoms with Gasteiger partial charge >= 0.3 is 12.4 Å². The normalized spacial score (nSPS) is 27.8. The second kappa shape index (κ2) is 12.9. The van der Waals surface area contributed by atoms with Crippen molar-refractivity contribution in [1.29, 1.82) is 0 Å². The molecular formula is C37H36F7N3O2. The number of ketones is 1. The van der Waals surface area contributed by atoms with Crippen LogP contribution >= 0.6 is 0 Å². The molecule has 1 saturated carbocycles. The summed E-state index contributed by atoms with van der Waals surface area (Å²) < 4.78 is 97.0. The number of Topliss-reactive ketones (excluding diaryl/α,β-unsaturated/α-hetero) is 1. The van der Waals surface area contributed by atoms with Crippen LogP contribution in [0, 0.1) is 17.7 Å². The fraction of sp³-hybridized carbons (Fsp3) is 0.405. The molecular weight excluding hydrogens is 651 g/mol. The summed E-state index contributed by atoms with van der Waals surface area (Å²) >= 11 is 0. The second-order valence-electron chi connectivity index (χ2n) is 13.3. The number of hydrazine groups is 1. The van der Waals surface area contributed by atoms with Crippen LogP contribution in [-0.4, -0.2) is 44.9 Å². The van der Waals surface area contributed by atoms with E-state index in [0.29, 0.717) is 36.9 Å². The number of hydrogen-bond acceptors (Lipinski definition) is 5. The number of rotatable bonds is 7. The van der Waals surface area contributed by atoms with Crippen LogP contribution in [0.2, 0.25) is 0 Å². The molecule has 0 bridgehead atoms. The van der Waals surface area contributed by atoms with Crippen molar-refractivity contribution in [3.8, 4) is 0 Å². The average Bonchev–Trinajstić information content (AvgIpc) is 3.39. The number of aliphatic hydroxyl groups is 1. The van der Waals surface area contributed by atoms with Gasteiger partial charge in [0, 0.05) is 29.8 Å². The van der Waals surface area contributed by atoms with E-state index in [1.807, 2.05) is 11.9 Å². The smallest absolute Gasteiger partial charge is 0.416 e. The Morgan fingerprint density at radius 2 is 1.86 bits per heavy atom. The molecule has 6 rings (SSSR count). The Bertz CT molecular complexity index is 1790. The molecule has 49 heavy (non-hydrogen) atoms. The van der Waals surface area contributed by atoms with Crippen LogP contribution in [0.25, 0.3) is 0 Å². The van der Waals surface area contributed by atoms with Gasteiger partial charge in [0.25, 0.3) is 0 Å². The Kier molecular flexibility index (Phi) is 9.15. The van der Waals surface area contributed by atoms with Gasteiger partial charge < -0.3 is 10.1 Å². The molecule has 0 aromatic heterocycles. The van der Waals surface area contributed by atoms with Crippen LogP contribution in [0.4, 0.5) is 30.7 Å². The molecule has 3 unspecified atom stereocenters. The van der Waals surface area contributed by atoms with Gasteiger partial charge in [-0.05, 0) is 99.3 Å². The van der Waals surface area contributed by atoms with Crippen molar-refractivity contribution in [3.05, 3.63) is 118 Å². The van der Waals surface area contributed by atoms with Crippen LogP contribution in [-0.2, 0) is 23.9 Å². The first-order valence-corrected chi connectivity index (χ1v) is 16.3. The average molecular weight is 688 g/mol. The van der Waals surface area contributed by atoms with Crippen molar-refractivity contribution >= 4 is 11.5 Å². The summed E-state index contributed by atoms with van der Waals surface area (Å²) in [4.78, 5) is 18.4. The summed E-state index contributed by atoms with van der Waals surface area (Å²) in [6.07, 6.45) is -3.75. The molecule has 1 N–H and O–H groups in total. The number of hydrogen-bond donors (Lipinski definition) is 1. The number of carbonyl (C=O) groups excluding carboxylic acids is 1. The Morgan fingerprint density at radius 1 is 1.08 bits per heavy atom. The number of carbonyl (C=O) groups is 1. The van der Waals surface area contributed by atoms with Crippen LogP contribution in [0.5, 0.6) is 0 Å². The first-order chi connectivity index (χ1) is 23.1. The number of fused-ring (bicyclic) bond motifs is 1. The summed E-state index contributed by atoms with van der Waals surface area (Å²) in [5, 5.41) is 15.4. The summed E-state index contributed by atoms with van der Waals surface area (Å²) in [6.45, 7) is 6.82. The predicted molar refractivity (Wildman–Crippen MR) is 171 cm³/mol. The summed E-state index contributed by atoms with van der Waals surface area (Å²) in [7, 11) is 0. The maximum atomic E-state index is 14.3. The standard InChI is InChI=1S/C37H36F7N3O2/c1-22-32(34(49)35(2)14-6-16-47(35)46(22)21-23-7-5-9-28(38)17-23)33(48)29-13-11-24(29)18-25-10-12-27(37(42,43)44)19-30(25)31-20-26(36(39,40)41)8-3-4-15-45-31/h4-5,7,9-10,12,15,17,19-20,24,29,49H,1,3,6,8,11,13-14,16,18,21H2,2H3/b15-4-,26-20+,45-31+. The van der Waals surface area contributed by atoms with Crippen molar-refractivity contribution in [2.24, 2.45) is 16.8 Å². The van der Waals surface area contributed by atoms with Gasteiger partial charge in [-0.1, -0.05) is 30.9 Å². The topological polar surface area (TPSA) is 56.1 Å². The van der Waals surface area contributed by atoms with E-state index < -0.39 is 40.8 Å². The zero-order chi connectivity index (χ0) is 35.3. The minimum absolute atomic E-state index is 0.0756. The molecule has 2 aromatic rings. The van der Waals surface area contributed by atoms with E-state index in [0.717, 1.165) is 24.6 Å². The Balaban J connectivity index is 1.33. The number of benzene rings is 2. The lowest BCUT2D eigenvalue weighted by molar-refractivity contribution is -0.137. The number of allylic oxidation sites excluding steroid dienone is 4. The molecule has 2 aromatic carbocycles. The van der Waals surface area contributed by atoms with E-state index in [1.54, 1.807) is 17.1 Å². The molecule has 1 aliphatic carbocycles. The predicted octanol–water partition coefficient (Wildman–Crippen LogP) is 9.18. The molecule has 5 nitrogen and oxygen atoms in total. The molecule has 2 fully saturated rings. The SMILES string of the molecule is C=C1C(C(=O)C2CCC2Cc2ccc(C(F)(F)F)cc2C2=N/C=C\CC/C(C(F)(F)F)=C\2)=C(O)C2(C)CCCN2N1Cc1cccc(F)c1. The minimum atomic E-state index is -4.75. The number of halogens is 7. The molecule has 260 valence electrons. The van der Waals surface area contributed by atoms with Gasteiger partial charge in [-0.25, -0.2) is 9.40 Å². The van der Waals surface area contributed by atoms with Crippen molar-refractivity contribution in [1.82, 2.24) is 10.0 Å². The highest BCUT2D eigenvalue weighted by atomic mass is 19.4. The van der Waals surface area contributed by atoms with Gasteiger partial charge in [0.2, 0.25) is 0 Å². The molecule has 3 aliphatic heterocycles. The first kappa shape index (κ1) is 34.7. The summed E-state index contributed by atoms with van der Waals surface area (Å²) in [5.41, 5.74) is -1.81. The maximum Gasteiger partial charge on any atom is 0.416 e. The maximum absolute atomic E-state index is 14.3. The van der Waals surface area contributed by atoms with Gasteiger partial charge in [0.15, 0.2) is 5.78 Å². The molecule has 3 heterocycles. The second-order valence-corrected chi connectivity index (χ2v) is 13.3. The summed E-state index contributed by atoms with van der Waals surface area (Å²) in [6, 6.07) is 9.04. The Labute approximate surface area is 279 Å². The Morgan fingerprint density at radius 3 is 2.53 bits per heavy atom. The van der Waals surface area contributed by atoms with E-state index in [1.165, 1.54) is 30.5 Å². The van der Waals surface area contributed by atoms with Crippen molar-refractivity contribution < 1.29 is 40.6 Å². The highest BCUT2D eigenvalue weighted by Gasteiger charge is 2.52. The third-order valence-electron chi connectivity index (χ3n) is 10.2. The third-order valence-corrected chi connectivity index (χ3v) is 10.2. The molecule has 1 saturated heterocycles. The van der Waals surface area contributed by atoms with Gasteiger partial charge in [0.05, 0.1) is 34.6 Å². The van der Waals surface area contributed by atoms with Crippen LogP contribution < -0.4 is 0 Å². The molecule has 12 heteroatoms. The minimum Gasteiger partial charge on any atom is -0.509 e. The van der Waals surface area contributed by atoms with E-state index in [2.05, 4.69) is 11.6 Å². The van der Waals surface area contributed by atoms with Crippen molar-refractivity contribution in [3.63, 3.8) is 0 Å². The van der Waals surface area contributed by atoms with E-state index in [9.17, 15) is 40.6 Å². The van der Waals surface area contributed by atoms with Crippen LogP contribution in [0.1, 0.15) is 67.7 Å². The molecule has 0 amide bonds. The number of alkyl halides is 6. The van der Waals surface area contributed by atoms with E-state index >= 15 is 0 Å². The highest BCUT2D eigenvalue weighted by Crippen LogP contribution is 2.48. The number of nitrogens with zero attached hydrogens (tertiary/aromatic N) is 3.